The molecule has 0 radical (unpaired) electrons. The van der Waals surface area contributed by atoms with E-state index in [0.717, 1.165) is 37.5 Å². The van der Waals surface area contributed by atoms with E-state index >= 15 is 0 Å². The van der Waals surface area contributed by atoms with Gasteiger partial charge in [0.1, 0.15) is 5.54 Å². The summed E-state index contributed by atoms with van der Waals surface area (Å²) in [6.07, 6.45) is 3.95. The summed E-state index contributed by atoms with van der Waals surface area (Å²) in [6.45, 7) is 6.60. The van der Waals surface area contributed by atoms with Crippen LogP contribution in [0.5, 0.6) is 0 Å². The molecule has 6 nitrogen and oxygen atoms in total. The van der Waals surface area contributed by atoms with E-state index in [0.29, 0.717) is 0 Å². The number of aryl methyl sites for hydroxylation is 1. The Morgan fingerprint density at radius 3 is 2.86 bits per heavy atom. The fourth-order valence-electron chi connectivity index (χ4n) is 3.45. The molecule has 2 atom stereocenters. The fraction of sp³-hybridized carbons (Fsp3) is 0.667. The van der Waals surface area contributed by atoms with Crippen molar-refractivity contribution < 1.29 is 9.59 Å². The van der Waals surface area contributed by atoms with Gasteiger partial charge < -0.3 is 5.32 Å². The van der Waals surface area contributed by atoms with E-state index in [9.17, 15) is 9.59 Å². The summed E-state index contributed by atoms with van der Waals surface area (Å²) >= 11 is 1.72. The van der Waals surface area contributed by atoms with Gasteiger partial charge in [0, 0.05) is 37.1 Å². The number of amides is 3. The maximum atomic E-state index is 12.4. The number of urea groups is 1. The second-order valence-corrected chi connectivity index (χ2v) is 7.74. The van der Waals surface area contributed by atoms with Crippen molar-refractivity contribution in [2.45, 2.75) is 38.8 Å². The summed E-state index contributed by atoms with van der Waals surface area (Å²) in [5.41, 5.74) is -0.770. The lowest BCUT2D eigenvalue weighted by molar-refractivity contribution is -0.132. The van der Waals surface area contributed by atoms with Gasteiger partial charge in [-0.3, -0.25) is 14.6 Å². The van der Waals surface area contributed by atoms with Crippen LogP contribution in [0.25, 0.3) is 0 Å². The summed E-state index contributed by atoms with van der Waals surface area (Å²) in [4.78, 5) is 33.3. The smallest absolute Gasteiger partial charge is 0.323 e. The third-order valence-electron chi connectivity index (χ3n) is 4.79. The molecule has 2 aliphatic rings. The highest BCUT2D eigenvalue weighted by Gasteiger charge is 2.51. The van der Waals surface area contributed by atoms with Crippen molar-refractivity contribution in [3.05, 3.63) is 16.1 Å². The Morgan fingerprint density at radius 1 is 1.50 bits per heavy atom. The molecule has 3 rings (SSSR count). The second-order valence-electron chi connectivity index (χ2n) is 6.42. The number of thiazole rings is 1. The van der Waals surface area contributed by atoms with Crippen molar-refractivity contribution in [3.63, 3.8) is 0 Å². The van der Waals surface area contributed by atoms with Crippen LogP contribution in [0.1, 0.15) is 29.7 Å². The van der Waals surface area contributed by atoms with Gasteiger partial charge in [-0.2, -0.15) is 0 Å². The molecule has 2 aliphatic heterocycles. The number of imide groups is 1. The quantitative estimate of drug-likeness (QED) is 0.859. The Balaban J connectivity index is 1.70. The van der Waals surface area contributed by atoms with Gasteiger partial charge in [-0.15, -0.1) is 11.3 Å². The number of nitrogens with one attached hydrogen (secondary N) is 1. The third kappa shape index (κ3) is 2.63. The van der Waals surface area contributed by atoms with Crippen LogP contribution in [-0.4, -0.2) is 52.4 Å². The first-order chi connectivity index (χ1) is 10.4. The Labute approximate surface area is 134 Å². The molecule has 0 bridgehead atoms. The Morgan fingerprint density at radius 2 is 2.27 bits per heavy atom. The van der Waals surface area contributed by atoms with Gasteiger partial charge >= 0.3 is 6.03 Å². The van der Waals surface area contributed by atoms with Crippen molar-refractivity contribution in [2.75, 3.05) is 20.1 Å². The lowest BCUT2D eigenvalue weighted by Crippen LogP contribution is -2.55. The number of aromatic nitrogens is 1. The lowest BCUT2D eigenvalue weighted by Gasteiger charge is -2.39. The van der Waals surface area contributed by atoms with E-state index in [1.165, 1.54) is 9.78 Å². The molecule has 7 heteroatoms. The van der Waals surface area contributed by atoms with Gasteiger partial charge in [0.15, 0.2) is 0 Å². The molecule has 1 N–H and O–H groups in total. The van der Waals surface area contributed by atoms with Crippen molar-refractivity contribution in [1.82, 2.24) is 20.1 Å². The normalized spacial score (nSPS) is 30.0. The molecule has 2 fully saturated rings. The molecule has 1 aromatic heterocycles. The van der Waals surface area contributed by atoms with Crippen LogP contribution < -0.4 is 5.32 Å². The molecule has 0 aliphatic carbocycles. The van der Waals surface area contributed by atoms with Crippen molar-refractivity contribution >= 4 is 23.3 Å². The van der Waals surface area contributed by atoms with Gasteiger partial charge in [-0.1, -0.05) is 0 Å². The predicted octanol–water partition coefficient (Wildman–Crippen LogP) is 1.60. The molecule has 2 saturated heterocycles. The molecule has 1 aromatic rings. The fourth-order valence-corrected chi connectivity index (χ4v) is 4.28. The Hall–Kier alpha value is -1.47. The van der Waals surface area contributed by atoms with Gasteiger partial charge in [-0.05, 0) is 33.2 Å². The van der Waals surface area contributed by atoms with E-state index in [2.05, 4.69) is 15.2 Å². The van der Waals surface area contributed by atoms with Crippen LogP contribution >= 0.6 is 11.3 Å². The summed E-state index contributed by atoms with van der Waals surface area (Å²) in [5, 5.41) is 3.97. The summed E-state index contributed by atoms with van der Waals surface area (Å²) in [7, 11) is 1.55. The molecule has 3 amide bonds. The van der Waals surface area contributed by atoms with Crippen molar-refractivity contribution in [2.24, 2.45) is 5.92 Å². The molecule has 0 spiro atoms. The summed E-state index contributed by atoms with van der Waals surface area (Å²) in [5.74, 6) is 0.0367. The molecule has 0 aromatic carbocycles. The molecule has 22 heavy (non-hydrogen) atoms. The van der Waals surface area contributed by atoms with Crippen molar-refractivity contribution in [3.8, 4) is 0 Å². The van der Waals surface area contributed by atoms with E-state index in [1.54, 1.807) is 18.4 Å². The average molecular weight is 322 g/mol. The molecule has 0 unspecified atom stereocenters. The molecule has 0 saturated carbocycles. The number of piperidine rings is 1. The lowest BCUT2D eigenvalue weighted by atomic mass is 9.80. The second kappa shape index (κ2) is 5.62. The zero-order valence-corrected chi connectivity index (χ0v) is 14.1. The highest BCUT2D eigenvalue weighted by atomic mass is 32.1. The zero-order chi connectivity index (χ0) is 15.9. The molecule has 3 heterocycles. The summed E-state index contributed by atoms with van der Waals surface area (Å²) < 4.78 is 0. The minimum Gasteiger partial charge on any atom is -0.323 e. The van der Waals surface area contributed by atoms with E-state index in [1.807, 2.05) is 20.0 Å². The third-order valence-corrected chi connectivity index (χ3v) is 5.69. The number of nitrogens with zero attached hydrogens (tertiary/aromatic N) is 3. The minimum atomic E-state index is -0.770. The maximum Gasteiger partial charge on any atom is 0.324 e. The van der Waals surface area contributed by atoms with E-state index in [4.69, 9.17) is 0 Å². The van der Waals surface area contributed by atoms with Crippen LogP contribution in [0, 0.1) is 12.8 Å². The van der Waals surface area contributed by atoms with Crippen LogP contribution in [0.4, 0.5) is 4.79 Å². The monoisotopic (exact) mass is 322 g/mol. The number of hydrogen-bond donors (Lipinski definition) is 1. The standard InChI is InChI=1S/C15H22N4O2S/c1-10-16-7-12(22-10)9-19-6-4-5-11(8-19)15(2)13(20)18(3)14(21)17-15/h7,11H,4-6,8-9H2,1-3H3,(H,17,21)/t11-,15+/m0/s1. The van der Waals surface area contributed by atoms with E-state index < -0.39 is 5.54 Å². The SMILES string of the molecule is Cc1ncc(CN2CCC[C@H]([C@@]3(C)NC(=O)N(C)C3=O)C2)s1. The summed E-state index contributed by atoms with van der Waals surface area (Å²) in [6, 6.07) is -0.289. The topological polar surface area (TPSA) is 65.5 Å². The number of carbonyl (C=O) groups excluding carboxylic acids is 2. The number of likely N-dealkylation sites (N-methyl/N-ethyl adjacent to an activating group) is 1. The van der Waals surface area contributed by atoms with Crippen molar-refractivity contribution in [1.29, 1.82) is 0 Å². The zero-order valence-electron chi connectivity index (χ0n) is 13.3. The van der Waals surface area contributed by atoms with E-state index in [-0.39, 0.29) is 17.9 Å². The van der Waals surface area contributed by atoms with Crippen LogP contribution in [0.15, 0.2) is 6.20 Å². The van der Waals surface area contributed by atoms with Gasteiger partial charge in [0.25, 0.3) is 5.91 Å². The first-order valence-electron chi connectivity index (χ1n) is 7.64. The number of hydrogen-bond acceptors (Lipinski definition) is 5. The molecular weight excluding hydrogens is 300 g/mol. The highest BCUT2D eigenvalue weighted by Crippen LogP contribution is 2.32. The number of carbonyl (C=O) groups is 2. The largest absolute Gasteiger partial charge is 0.324 e. The molecule has 120 valence electrons. The Bertz CT molecular complexity index is 602. The average Bonchev–Trinajstić information content (AvgIpc) is 2.98. The molecular formula is C15H22N4O2S. The van der Waals surface area contributed by atoms with Gasteiger partial charge in [-0.25, -0.2) is 9.78 Å². The maximum absolute atomic E-state index is 12.4. The first-order valence-corrected chi connectivity index (χ1v) is 8.46. The van der Waals surface area contributed by atoms with Gasteiger partial charge in [0.05, 0.1) is 5.01 Å². The number of rotatable bonds is 3. The minimum absolute atomic E-state index is 0.113. The first kappa shape index (κ1) is 15.4. The van der Waals surface area contributed by atoms with Crippen LogP contribution in [-0.2, 0) is 11.3 Å². The van der Waals surface area contributed by atoms with Gasteiger partial charge in [0.2, 0.25) is 0 Å². The Kier molecular flexibility index (Phi) is 3.94. The predicted molar refractivity (Wildman–Crippen MR) is 84.6 cm³/mol. The van der Waals surface area contributed by atoms with Crippen LogP contribution in [0.3, 0.4) is 0 Å². The highest BCUT2D eigenvalue weighted by molar-refractivity contribution is 7.11. The number of likely N-dealkylation sites (tertiary alicyclic amines) is 1. The van der Waals surface area contributed by atoms with Crippen LogP contribution in [0.2, 0.25) is 0 Å².